The first-order chi connectivity index (χ1) is 7.83. The zero-order valence-electron chi connectivity index (χ0n) is 8.85. The second-order valence-electron chi connectivity index (χ2n) is 3.88. The molecule has 4 nitrogen and oxygen atoms in total. The normalized spacial score (nSPS) is 23.1. The van der Waals surface area contributed by atoms with Crippen LogP contribution in [-0.2, 0) is 14.8 Å². The Morgan fingerprint density at radius 2 is 2.12 bits per heavy atom. The van der Waals surface area contributed by atoms with Gasteiger partial charge in [0.25, 0.3) is 0 Å². The molecule has 1 amide bonds. The van der Waals surface area contributed by atoms with Gasteiger partial charge in [0.2, 0.25) is 15.9 Å². The van der Waals surface area contributed by atoms with Crippen molar-refractivity contribution in [1.82, 2.24) is 0 Å². The van der Waals surface area contributed by atoms with E-state index in [1.165, 1.54) is 13.0 Å². The summed E-state index contributed by atoms with van der Waals surface area (Å²) in [6.07, 6.45) is 0. The number of hydrogen-bond donors (Lipinski definition) is 0. The van der Waals surface area contributed by atoms with Crippen molar-refractivity contribution in [2.45, 2.75) is 6.92 Å². The molecule has 17 heavy (non-hydrogen) atoms. The Hall–Kier alpha value is -1.14. The Kier molecular flexibility index (Phi) is 2.87. The van der Waals surface area contributed by atoms with Gasteiger partial charge in [0.1, 0.15) is 5.82 Å². The lowest BCUT2D eigenvalue weighted by atomic mass is 10.2. The Morgan fingerprint density at radius 1 is 1.47 bits per heavy atom. The molecule has 1 saturated heterocycles. The van der Waals surface area contributed by atoms with E-state index in [1.807, 2.05) is 0 Å². The van der Waals surface area contributed by atoms with Crippen molar-refractivity contribution in [2.24, 2.45) is 5.92 Å². The van der Waals surface area contributed by atoms with Gasteiger partial charge in [0.15, 0.2) is 0 Å². The first-order valence-electron chi connectivity index (χ1n) is 4.85. The first kappa shape index (κ1) is 12.3. The third-order valence-electron chi connectivity index (χ3n) is 2.50. The van der Waals surface area contributed by atoms with E-state index in [1.54, 1.807) is 0 Å². The lowest BCUT2D eigenvalue weighted by Crippen LogP contribution is -2.30. The van der Waals surface area contributed by atoms with Gasteiger partial charge in [0, 0.05) is 0 Å². The standard InChI is InChI=1S/C10H9ClFNO3S/c1-6-5-17(15,16)13(10(6)14)7-2-3-9(12)8(11)4-7/h2-4,6H,5H2,1H3. The lowest BCUT2D eigenvalue weighted by molar-refractivity contribution is -0.119. The third-order valence-corrected chi connectivity index (χ3v) is 4.66. The van der Waals surface area contributed by atoms with E-state index in [4.69, 9.17) is 11.6 Å². The molecule has 1 aromatic carbocycles. The molecule has 0 saturated carbocycles. The molecule has 1 aliphatic rings. The molecule has 0 aliphatic carbocycles. The number of rotatable bonds is 1. The van der Waals surface area contributed by atoms with Gasteiger partial charge in [-0.15, -0.1) is 0 Å². The molecule has 7 heteroatoms. The summed E-state index contributed by atoms with van der Waals surface area (Å²) < 4.78 is 37.1. The maximum absolute atomic E-state index is 13.0. The van der Waals surface area contributed by atoms with Gasteiger partial charge in [-0.1, -0.05) is 18.5 Å². The summed E-state index contributed by atoms with van der Waals surface area (Å²) in [4.78, 5) is 11.7. The molecule has 2 rings (SSSR count). The van der Waals surface area contributed by atoms with Crippen LogP contribution >= 0.6 is 11.6 Å². The van der Waals surface area contributed by atoms with Crippen LogP contribution in [-0.4, -0.2) is 20.1 Å². The summed E-state index contributed by atoms with van der Waals surface area (Å²) in [6, 6.07) is 3.38. The van der Waals surface area contributed by atoms with Gasteiger partial charge >= 0.3 is 0 Å². The molecular weight excluding hydrogens is 269 g/mol. The Balaban J connectivity index is 2.53. The second-order valence-corrected chi connectivity index (χ2v) is 6.15. The molecular formula is C10H9ClFNO3S. The fraction of sp³-hybridized carbons (Fsp3) is 0.300. The Bertz CT molecular complexity index is 587. The number of sulfonamides is 1. The molecule has 92 valence electrons. The quantitative estimate of drug-likeness (QED) is 0.786. The molecule has 0 bridgehead atoms. The highest BCUT2D eigenvalue weighted by atomic mass is 35.5. The number of nitrogens with zero attached hydrogens (tertiary/aromatic N) is 1. The molecule has 0 aromatic heterocycles. The maximum Gasteiger partial charge on any atom is 0.244 e. The smallest absolute Gasteiger partial charge is 0.244 e. The average molecular weight is 278 g/mol. The summed E-state index contributed by atoms with van der Waals surface area (Å²) in [5.74, 6) is -2.01. The van der Waals surface area contributed by atoms with Crippen LogP contribution in [0.15, 0.2) is 18.2 Å². The number of amides is 1. The zero-order chi connectivity index (χ0) is 12.8. The molecule has 1 atom stereocenters. The van der Waals surface area contributed by atoms with Crippen molar-refractivity contribution < 1.29 is 17.6 Å². The second kappa shape index (κ2) is 3.96. The van der Waals surface area contributed by atoms with Gasteiger partial charge in [0.05, 0.1) is 22.4 Å². The van der Waals surface area contributed by atoms with Crippen LogP contribution in [0.2, 0.25) is 5.02 Å². The highest BCUT2D eigenvalue weighted by molar-refractivity contribution is 7.94. The van der Waals surface area contributed by atoms with Gasteiger partial charge in [-0.2, -0.15) is 0 Å². The van der Waals surface area contributed by atoms with Crippen molar-refractivity contribution in [3.8, 4) is 0 Å². The van der Waals surface area contributed by atoms with Gasteiger partial charge in [-0.3, -0.25) is 4.79 Å². The largest absolute Gasteiger partial charge is 0.273 e. The van der Waals surface area contributed by atoms with Gasteiger partial charge < -0.3 is 0 Å². The van der Waals surface area contributed by atoms with E-state index in [-0.39, 0.29) is 16.5 Å². The topological polar surface area (TPSA) is 54.5 Å². The number of carbonyl (C=O) groups is 1. The van der Waals surface area contributed by atoms with Crippen LogP contribution in [0.1, 0.15) is 6.92 Å². The van der Waals surface area contributed by atoms with E-state index >= 15 is 0 Å². The summed E-state index contributed by atoms with van der Waals surface area (Å²) in [5.41, 5.74) is 0.0748. The molecule has 1 fully saturated rings. The van der Waals surface area contributed by atoms with Crippen LogP contribution < -0.4 is 4.31 Å². The van der Waals surface area contributed by atoms with Crippen molar-refractivity contribution in [1.29, 1.82) is 0 Å². The molecule has 0 spiro atoms. The van der Waals surface area contributed by atoms with Crippen molar-refractivity contribution in [2.75, 3.05) is 10.1 Å². The van der Waals surface area contributed by atoms with Crippen molar-refractivity contribution in [3.05, 3.63) is 29.0 Å². The zero-order valence-corrected chi connectivity index (χ0v) is 10.4. The van der Waals surface area contributed by atoms with Crippen LogP contribution in [0.4, 0.5) is 10.1 Å². The lowest BCUT2D eigenvalue weighted by Gasteiger charge is -2.15. The minimum Gasteiger partial charge on any atom is -0.273 e. The van der Waals surface area contributed by atoms with Gasteiger partial charge in [-0.25, -0.2) is 17.1 Å². The maximum atomic E-state index is 13.0. The third kappa shape index (κ3) is 2.02. The van der Waals surface area contributed by atoms with E-state index in [2.05, 4.69) is 0 Å². The minimum absolute atomic E-state index is 0.0748. The monoisotopic (exact) mass is 277 g/mol. The van der Waals surface area contributed by atoms with Crippen molar-refractivity contribution in [3.63, 3.8) is 0 Å². The fourth-order valence-electron chi connectivity index (χ4n) is 1.70. The van der Waals surface area contributed by atoms with Crippen LogP contribution in [0, 0.1) is 11.7 Å². The average Bonchev–Trinajstić information content (AvgIpc) is 2.41. The first-order valence-corrected chi connectivity index (χ1v) is 6.83. The Morgan fingerprint density at radius 3 is 2.59 bits per heavy atom. The van der Waals surface area contributed by atoms with Gasteiger partial charge in [-0.05, 0) is 18.2 Å². The predicted octanol–water partition coefficient (Wildman–Crippen LogP) is 1.79. The number of carbonyl (C=O) groups excluding carboxylic acids is 1. The SMILES string of the molecule is CC1CS(=O)(=O)N(c2ccc(F)c(Cl)c2)C1=O. The molecule has 0 N–H and O–H groups in total. The molecule has 1 unspecified atom stereocenters. The van der Waals surface area contributed by atoms with Crippen LogP contribution in [0.25, 0.3) is 0 Å². The highest BCUT2D eigenvalue weighted by Crippen LogP contribution is 2.30. The number of benzene rings is 1. The van der Waals surface area contributed by atoms with E-state index in [9.17, 15) is 17.6 Å². The minimum atomic E-state index is -3.67. The summed E-state index contributed by atoms with van der Waals surface area (Å²) >= 11 is 5.56. The Labute approximate surface area is 103 Å². The molecule has 0 radical (unpaired) electrons. The van der Waals surface area contributed by atoms with E-state index in [0.29, 0.717) is 4.31 Å². The molecule has 1 heterocycles. The molecule has 1 aromatic rings. The highest BCUT2D eigenvalue weighted by Gasteiger charge is 2.42. The summed E-state index contributed by atoms with van der Waals surface area (Å²) in [7, 11) is -3.67. The predicted molar refractivity (Wildman–Crippen MR) is 61.8 cm³/mol. The number of anilines is 1. The summed E-state index contributed by atoms with van der Waals surface area (Å²) in [5, 5.41) is -0.218. The van der Waals surface area contributed by atoms with Crippen LogP contribution in [0.5, 0.6) is 0 Å². The van der Waals surface area contributed by atoms with E-state index in [0.717, 1.165) is 12.1 Å². The fourth-order valence-corrected chi connectivity index (χ4v) is 3.69. The van der Waals surface area contributed by atoms with Crippen LogP contribution in [0.3, 0.4) is 0 Å². The van der Waals surface area contributed by atoms with E-state index < -0.39 is 27.7 Å². The van der Waals surface area contributed by atoms with Crippen molar-refractivity contribution >= 4 is 33.2 Å². The summed E-state index contributed by atoms with van der Waals surface area (Å²) in [6.45, 7) is 1.53. The number of hydrogen-bond acceptors (Lipinski definition) is 3. The number of halogens is 2. The molecule has 1 aliphatic heterocycles.